The normalized spacial score (nSPS) is 29.6. The third kappa shape index (κ3) is 4.11. The van der Waals surface area contributed by atoms with Crippen LogP contribution in [0.2, 0.25) is 0 Å². The zero-order valence-electron chi connectivity index (χ0n) is 12.3. The number of hydrogen-bond donors (Lipinski definition) is 3. The summed E-state index contributed by atoms with van der Waals surface area (Å²) in [4.78, 5) is 23.0. The summed E-state index contributed by atoms with van der Waals surface area (Å²) >= 11 is 0. The maximum atomic E-state index is 11.9. The van der Waals surface area contributed by atoms with Gasteiger partial charge >= 0.3 is 12.0 Å². The van der Waals surface area contributed by atoms with E-state index in [4.69, 9.17) is 5.11 Å². The van der Waals surface area contributed by atoms with E-state index in [1.54, 1.807) is 0 Å². The summed E-state index contributed by atoms with van der Waals surface area (Å²) in [6.07, 6.45) is 2.80. The van der Waals surface area contributed by atoms with Crippen LogP contribution in [0.5, 0.6) is 0 Å². The Bertz CT molecular complexity index is 333. The maximum Gasteiger partial charge on any atom is 0.326 e. The molecule has 0 heterocycles. The second kappa shape index (κ2) is 6.78. The van der Waals surface area contributed by atoms with E-state index in [-0.39, 0.29) is 18.0 Å². The van der Waals surface area contributed by atoms with Gasteiger partial charge in [-0.2, -0.15) is 0 Å². The average molecular weight is 270 g/mol. The molecule has 1 fully saturated rings. The molecule has 1 aliphatic carbocycles. The Labute approximate surface area is 115 Å². The molecule has 1 saturated carbocycles. The molecule has 3 N–H and O–H groups in total. The van der Waals surface area contributed by atoms with Gasteiger partial charge in [0.15, 0.2) is 0 Å². The Hall–Kier alpha value is -1.26. The van der Waals surface area contributed by atoms with Gasteiger partial charge in [-0.1, -0.05) is 34.1 Å². The number of carbonyl (C=O) groups is 2. The number of urea groups is 1. The molecule has 1 aliphatic rings. The molecule has 5 unspecified atom stereocenters. The quantitative estimate of drug-likeness (QED) is 0.716. The highest BCUT2D eigenvalue weighted by Gasteiger charge is 2.32. The summed E-state index contributed by atoms with van der Waals surface area (Å²) in [6.45, 7) is 8.07. The summed E-state index contributed by atoms with van der Waals surface area (Å²) in [5.74, 6) is -0.00623. The van der Waals surface area contributed by atoms with E-state index in [0.717, 1.165) is 12.8 Å². The summed E-state index contributed by atoms with van der Waals surface area (Å²) in [5, 5.41) is 14.6. The summed E-state index contributed by atoms with van der Waals surface area (Å²) in [5.41, 5.74) is 0. The predicted octanol–water partition coefficient (Wildman–Crippen LogP) is 2.22. The molecule has 0 radical (unpaired) electrons. The predicted molar refractivity (Wildman–Crippen MR) is 73.9 cm³/mol. The molecular weight excluding hydrogens is 244 g/mol. The lowest BCUT2D eigenvalue weighted by Crippen LogP contribution is -2.52. The van der Waals surface area contributed by atoms with Gasteiger partial charge in [-0.05, 0) is 30.6 Å². The molecule has 1 rings (SSSR count). The molecule has 0 aliphatic heterocycles. The number of carboxylic acid groups (broad SMARTS) is 1. The molecule has 0 aromatic rings. The number of amides is 2. The van der Waals surface area contributed by atoms with Gasteiger partial charge in [0.1, 0.15) is 6.04 Å². The van der Waals surface area contributed by atoms with Crippen LogP contribution in [0.3, 0.4) is 0 Å². The van der Waals surface area contributed by atoms with E-state index in [1.807, 2.05) is 13.8 Å². The monoisotopic (exact) mass is 270 g/mol. The third-order valence-electron chi connectivity index (χ3n) is 4.55. The van der Waals surface area contributed by atoms with Gasteiger partial charge < -0.3 is 15.7 Å². The van der Waals surface area contributed by atoms with Crippen molar-refractivity contribution < 1.29 is 14.7 Å². The Morgan fingerprint density at radius 3 is 2.37 bits per heavy atom. The van der Waals surface area contributed by atoms with Crippen molar-refractivity contribution in [2.45, 2.75) is 59.0 Å². The van der Waals surface area contributed by atoms with E-state index in [0.29, 0.717) is 18.3 Å². The molecule has 0 saturated heterocycles. The minimum atomic E-state index is -0.975. The number of rotatable bonds is 5. The maximum absolute atomic E-state index is 11.9. The highest BCUT2D eigenvalue weighted by atomic mass is 16.4. The largest absolute Gasteiger partial charge is 0.480 e. The average Bonchev–Trinajstić information content (AvgIpc) is 2.66. The first-order valence-corrected chi connectivity index (χ1v) is 7.16. The van der Waals surface area contributed by atoms with Crippen LogP contribution in [0.4, 0.5) is 4.79 Å². The third-order valence-corrected chi connectivity index (χ3v) is 4.55. The molecule has 110 valence electrons. The zero-order valence-corrected chi connectivity index (χ0v) is 12.3. The van der Waals surface area contributed by atoms with Crippen molar-refractivity contribution in [3.8, 4) is 0 Å². The van der Waals surface area contributed by atoms with Crippen LogP contribution < -0.4 is 10.6 Å². The standard InChI is InChI=1S/C14H26N2O3/c1-5-8(2)12(13(17)18)16-14(19)15-11-7-6-9(3)10(11)4/h8-12H,5-7H2,1-4H3,(H,17,18)(H2,15,16,19). The van der Waals surface area contributed by atoms with Crippen LogP contribution in [-0.4, -0.2) is 29.2 Å². The number of carboxylic acids is 1. The topological polar surface area (TPSA) is 78.4 Å². The fourth-order valence-electron chi connectivity index (χ4n) is 2.60. The van der Waals surface area contributed by atoms with Crippen molar-refractivity contribution in [2.75, 3.05) is 0 Å². The fourth-order valence-corrected chi connectivity index (χ4v) is 2.60. The van der Waals surface area contributed by atoms with Gasteiger partial charge in [-0.15, -0.1) is 0 Å². The van der Waals surface area contributed by atoms with E-state index in [9.17, 15) is 9.59 Å². The van der Waals surface area contributed by atoms with E-state index >= 15 is 0 Å². The van der Waals surface area contributed by atoms with Crippen LogP contribution in [0.1, 0.15) is 47.0 Å². The van der Waals surface area contributed by atoms with Crippen molar-refractivity contribution in [1.29, 1.82) is 0 Å². The van der Waals surface area contributed by atoms with Gasteiger partial charge in [-0.3, -0.25) is 0 Å². The molecule has 2 amide bonds. The van der Waals surface area contributed by atoms with Crippen molar-refractivity contribution >= 4 is 12.0 Å². The zero-order chi connectivity index (χ0) is 14.6. The molecule has 0 bridgehead atoms. The number of hydrogen-bond acceptors (Lipinski definition) is 2. The number of carbonyl (C=O) groups excluding carboxylic acids is 1. The van der Waals surface area contributed by atoms with E-state index in [1.165, 1.54) is 0 Å². The number of aliphatic carboxylic acids is 1. The van der Waals surface area contributed by atoms with Crippen LogP contribution in [-0.2, 0) is 4.79 Å². The SMILES string of the molecule is CCC(C)C(NC(=O)NC1CCC(C)C1C)C(=O)O. The fraction of sp³-hybridized carbons (Fsp3) is 0.857. The lowest BCUT2D eigenvalue weighted by Gasteiger charge is -2.24. The number of nitrogens with one attached hydrogen (secondary N) is 2. The van der Waals surface area contributed by atoms with Crippen LogP contribution in [0.25, 0.3) is 0 Å². The summed E-state index contributed by atoms with van der Waals surface area (Å²) in [7, 11) is 0. The molecule has 5 atom stereocenters. The Morgan fingerprint density at radius 1 is 1.32 bits per heavy atom. The minimum absolute atomic E-state index is 0.0804. The van der Waals surface area contributed by atoms with Gasteiger partial charge in [0, 0.05) is 6.04 Å². The van der Waals surface area contributed by atoms with E-state index in [2.05, 4.69) is 24.5 Å². The van der Waals surface area contributed by atoms with Crippen LogP contribution in [0, 0.1) is 17.8 Å². The second-order valence-corrected chi connectivity index (χ2v) is 5.84. The second-order valence-electron chi connectivity index (χ2n) is 5.84. The Kier molecular flexibility index (Phi) is 5.63. The van der Waals surface area contributed by atoms with Crippen molar-refractivity contribution in [3.05, 3.63) is 0 Å². The van der Waals surface area contributed by atoms with Gasteiger partial charge in [0.2, 0.25) is 0 Å². The van der Waals surface area contributed by atoms with Crippen LogP contribution in [0.15, 0.2) is 0 Å². The molecule has 0 aromatic heterocycles. The smallest absolute Gasteiger partial charge is 0.326 e. The highest BCUT2D eigenvalue weighted by molar-refractivity contribution is 5.82. The first-order valence-electron chi connectivity index (χ1n) is 7.16. The van der Waals surface area contributed by atoms with Crippen molar-refractivity contribution in [2.24, 2.45) is 17.8 Å². The van der Waals surface area contributed by atoms with Gasteiger partial charge in [-0.25, -0.2) is 9.59 Å². The van der Waals surface area contributed by atoms with Crippen LogP contribution >= 0.6 is 0 Å². The lowest BCUT2D eigenvalue weighted by molar-refractivity contribution is -0.140. The first kappa shape index (κ1) is 15.8. The molecular formula is C14H26N2O3. The summed E-state index contributed by atoms with van der Waals surface area (Å²) < 4.78 is 0. The molecule has 0 aromatic carbocycles. The van der Waals surface area contributed by atoms with E-state index < -0.39 is 12.0 Å². The van der Waals surface area contributed by atoms with Crippen molar-refractivity contribution in [1.82, 2.24) is 10.6 Å². The van der Waals surface area contributed by atoms with Crippen molar-refractivity contribution in [3.63, 3.8) is 0 Å². The highest BCUT2D eigenvalue weighted by Crippen LogP contribution is 2.30. The molecule has 5 heteroatoms. The summed E-state index contributed by atoms with van der Waals surface area (Å²) in [6, 6.07) is -1.03. The van der Waals surface area contributed by atoms with Gasteiger partial charge in [0.25, 0.3) is 0 Å². The first-order chi connectivity index (χ1) is 8.86. The Balaban J connectivity index is 2.51. The Morgan fingerprint density at radius 2 is 1.95 bits per heavy atom. The van der Waals surface area contributed by atoms with Gasteiger partial charge in [0.05, 0.1) is 0 Å². The lowest BCUT2D eigenvalue weighted by atomic mass is 9.98. The molecule has 5 nitrogen and oxygen atoms in total. The molecule has 19 heavy (non-hydrogen) atoms. The molecule has 0 spiro atoms. The minimum Gasteiger partial charge on any atom is -0.480 e.